The van der Waals surface area contributed by atoms with E-state index >= 15 is 0 Å². The van der Waals surface area contributed by atoms with Gasteiger partial charge in [0, 0.05) is 23.6 Å². The second-order valence-electron chi connectivity index (χ2n) is 7.42. The largest absolute Gasteiger partial charge is 0.326 e. The lowest BCUT2D eigenvalue weighted by molar-refractivity contribution is -0.115. The number of aryl methyl sites for hydroxylation is 1. The first-order chi connectivity index (χ1) is 14.7. The lowest BCUT2D eigenvalue weighted by Crippen LogP contribution is -2.15. The number of amides is 1. The van der Waals surface area contributed by atoms with Gasteiger partial charge in [0.15, 0.2) is 0 Å². The van der Waals surface area contributed by atoms with Crippen LogP contribution in [0, 0.1) is 11.3 Å². The molecular weight excluding hydrogens is 390 g/mol. The minimum Gasteiger partial charge on any atom is -0.326 e. The fraction of sp³-hybridized carbons (Fsp3) is 0.240. The summed E-state index contributed by atoms with van der Waals surface area (Å²) in [5.74, 6) is 1.04. The standard InChI is InChI=1S/C25H23N3OS/c26-17-21-16-20-15-19(18-7-3-1-4-8-18)11-12-23(20)28-25(21)30-14-13-24(29)27-22-9-5-2-6-10-22/h1-10,16,19H,11-15H2,(H,27,29). The lowest BCUT2D eigenvalue weighted by Gasteiger charge is -2.25. The number of thioether (sulfide) groups is 1. The Balaban J connectivity index is 1.39. The third-order valence-corrected chi connectivity index (χ3v) is 6.36. The summed E-state index contributed by atoms with van der Waals surface area (Å²) in [5.41, 5.74) is 5.03. The number of hydrogen-bond donors (Lipinski definition) is 1. The van der Waals surface area contributed by atoms with Crippen molar-refractivity contribution in [1.29, 1.82) is 5.26 Å². The molecule has 30 heavy (non-hydrogen) atoms. The monoisotopic (exact) mass is 413 g/mol. The van der Waals surface area contributed by atoms with Crippen LogP contribution in [0.15, 0.2) is 71.8 Å². The second-order valence-corrected chi connectivity index (χ2v) is 8.51. The number of nitrogens with one attached hydrogen (secondary N) is 1. The van der Waals surface area contributed by atoms with E-state index in [2.05, 4.69) is 35.7 Å². The Morgan fingerprint density at radius 1 is 1.13 bits per heavy atom. The van der Waals surface area contributed by atoms with Gasteiger partial charge in [-0.15, -0.1) is 11.8 Å². The van der Waals surface area contributed by atoms with Gasteiger partial charge >= 0.3 is 0 Å². The first kappa shape index (κ1) is 20.2. The van der Waals surface area contributed by atoms with Gasteiger partial charge < -0.3 is 5.32 Å². The van der Waals surface area contributed by atoms with Crippen molar-refractivity contribution < 1.29 is 4.79 Å². The number of rotatable bonds is 6. The van der Waals surface area contributed by atoms with Crippen molar-refractivity contribution in [2.45, 2.75) is 36.6 Å². The fourth-order valence-corrected chi connectivity index (χ4v) is 4.75. The van der Waals surface area contributed by atoms with Crippen LogP contribution in [0.1, 0.15) is 41.1 Å². The van der Waals surface area contributed by atoms with Gasteiger partial charge in [-0.3, -0.25) is 4.79 Å². The molecule has 1 atom stereocenters. The molecule has 1 aliphatic rings. The minimum absolute atomic E-state index is 0.0316. The molecule has 4 nitrogen and oxygen atoms in total. The van der Waals surface area contributed by atoms with E-state index in [4.69, 9.17) is 4.98 Å². The maximum Gasteiger partial charge on any atom is 0.225 e. The summed E-state index contributed by atoms with van der Waals surface area (Å²) < 4.78 is 0. The van der Waals surface area contributed by atoms with Crippen molar-refractivity contribution in [1.82, 2.24) is 4.98 Å². The van der Waals surface area contributed by atoms with Crippen LogP contribution in [0.3, 0.4) is 0 Å². The Bertz CT molecular complexity index is 1060. The Kier molecular flexibility index (Phi) is 6.46. The first-order valence-electron chi connectivity index (χ1n) is 10.2. The van der Waals surface area contributed by atoms with E-state index in [-0.39, 0.29) is 5.91 Å². The van der Waals surface area contributed by atoms with E-state index in [9.17, 15) is 10.1 Å². The van der Waals surface area contributed by atoms with Crippen LogP contribution in [0.5, 0.6) is 0 Å². The zero-order valence-corrected chi connectivity index (χ0v) is 17.5. The minimum atomic E-state index is -0.0316. The van der Waals surface area contributed by atoms with Gasteiger partial charge in [-0.05, 0) is 54.5 Å². The highest BCUT2D eigenvalue weighted by Gasteiger charge is 2.23. The molecule has 2 aromatic carbocycles. The number of nitriles is 1. The van der Waals surface area contributed by atoms with Crippen LogP contribution in [0.4, 0.5) is 5.69 Å². The Hall–Kier alpha value is -3.10. The summed E-state index contributed by atoms with van der Waals surface area (Å²) in [6.07, 6.45) is 3.28. The number of para-hydroxylation sites is 1. The molecule has 5 heteroatoms. The highest BCUT2D eigenvalue weighted by molar-refractivity contribution is 7.99. The van der Waals surface area contributed by atoms with E-state index in [1.54, 1.807) is 0 Å². The molecule has 0 spiro atoms. The van der Waals surface area contributed by atoms with E-state index in [1.807, 2.05) is 42.5 Å². The normalized spacial score (nSPS) is 15.1. The summed E-state index contributed by atoms with van der Waals surface area (Å²) >= 11 is 1.49. The molecular formula is C25H23N3OS. The van der Waals surface area contributed by atoms with Gasteiger partial charge in [0.25, 0.3) is 0 Å². The van der Waals surface area contributed by atoms with Crippen LogP contribution in [-0.2, 0) is 17.6 Å². The van der Waals surface area contributed by atoms with E-state index in [0.29, 0.717) is 23.7 Å². The van der Waals surface area contributed by atoms with Crippen molar-refractivity contribution >= 4 is 23.4 Å². The zero-order valence-electron chi connectivity index (χ0n) is 16.7. The maximum absolute atomic E-state index is 12.2. The number of carbonyl (C=O) groups excluding carboxylic acids is 1. The molecule has 1 heterocycles. The van der Waals surface area contributed by atoms with Gasteiger partial charge in [-0.1, -0.05) is 48.5 Å². The summed E-state index contributed by atoms with van der Waals surface area (Å²) in [6, 6.07) is 24.3. The summed E-state index contributed by atoms with van der Waals surface area (Å²) in [4.78, 5) is 17.0. The van der Waals surface area contributed by atoms with Gasteiger partial charge in [-0.25, -0.2) is 4.98 Å². The molecule has 1 N–H and O–H groups in total. The molecule has 4 rings (SSSR count). The molecule has 150 valence electrons. The van der Waals surface area contributed by atoms with Crippen LogP contribution < -0.4 is 5.32 Å². The van der Waals surface area contributed by atoms with Crippen LogP contribution in [0.25, 0.3) is 0 Å². The fourth-order valence-electron chi connectivity index (χ4n) is 3.83. The van der Waals surface area contributed by atoms with Gasteiger partial charge in [0.2, 0.25) is 5.91 Å². The highest BCUT2D eigenvalue weighted by atomic mass is 32.2. The molecule has 0 aliphatic heterocycles. The second kappa shape index (κ2) is 9.60. The van der Waals surface area contributed by atoms with E-state index in [1.165, 1.54) is 22.9 Å². The summed E-state index contributed by atoms with van der Waals surface area (Å²) in [7, 11) is 0. The number of aromatic nitrogens is 1. The predicted octanol–water partition coefficient (Wildman–Crippen LogP) is 5.35. The quantitative estimate of drug-likeness (QED) is 0.554. The topological polar surface area (TPSA) is 65.8 Å². The number of nitrogens with zero attached hydrogens (tertiary/aromatic N) is 2. The SMILES string of the molecule is N#Cc1cc2c(nc1SCCC(=O)Nc1ccccc1)CCC(c1ccccc1)C2. The predicted molar refractivity (Wildman–Crippen MR) is 121 cm³/mol. The Morgan fingerprint density at radius 3 is 2.60 bits per heavy atom. The van der Waals surface area contributed by atoms with Crippen LogP contribution >= 0.6 is 11.8 Å². The van der Waals surface area contributed by atoms with Crippen LogP contribution in [0.2, 0.25) is 0 Å². The number of benzene rings is 2. The van der Waals surface area contributed by atoms with Crippen LogP contribution in [-0.4, -0.2) is 16.6 Å². The van der Waals surface area contributed by atoms with Crippen molar-refractivity contribution in [3.05, 3.63) is 89.1 Å². The maximum atomic E-state index is 12.2. The molecule has 0 saturated carbocycles. The molecule has 1 aliphatic carbocycles. The smallest absolute Gasteiger partial charge is 0.225 e. The number of fused-ring (bicyclic) bond motifs is 1. The van der Waals surface area contributed by atoms with Gasteiger partial charge in [0.1, 0.15) is 11.1 Å². The van der Waals surface area contributed by atoms with Gasteiger partial charge in [-0.2, -0.15) is 5.26 Å². The van der Waals surface area contributed by atoms with Crippen molar-refractivity contribution in [2.24, 2.45) is 0 Å². The molecule has 0 radical (unpaired) electrons. The van der Waals surface area contributed by atoms with Crippen molar-refractivity contribution in [2.75, 3.05) is 11.1 Å². The third-order valence-electron chi connectivity index (χ3n) is 5.37. The molecule has 0 bridgehead atoms. The zero-order chi connectivity index (χ0) is 20.8. The Labute approximate surface area is 181 Å². The lowest BCUT2D eigenvalue weighted by atomic mass is 9.82. The van der Waals surface area contributed by atoms with E-state index < -0.39 is 0 Å². The van der Waals surface area contributed by atoms with Gasteiger partial charge in [0.05, 0.1) is 5.56 Å². The molecule has 1 amide bonds. The molecule has 0 fully saturated rings. The first-order valence-corrected chi connectivity index (χ1v) is 11.2. The number of pyridine rings is 1. The number of carbonyl (C=O) groups is 1. The molecule has 1 unspecified atom stereocenters. The van der Waals surface area contributed by atoms with E-state index in [0.717, 1.165) is 35.7 Å². The number of anilines is 1. The molecule has 0 saturated heterocycles. The Morgan fingerprint density at radius 2 is 1.87 bits per heavy atom. The molecule has 1 aromatic heterocycles. The third kappa shape index (κ3) is 4.90. The summed E-state index contributed by atoms with van der Waals surface area (Å²) in [6.45, 7) is 0. The summed E-state index contributed by atoms with van der Waals surface area (Å²) in [5, 5.41) is 13.3. The average Bonchev–Trinajstić information content (AvgIpc) is 2.79. The molecule has 3 aromatic rings. The average molecular weight is 414 g/mol. The van der Waals surface area contributed by atoms with Crippen molar-refractivity contribution in [3.8, 4) is 6.07 Å². The van der Waals surface area contributed by atoms with Crippen molar-refractivity contribution in [3.63, 3.8) is 0 Å². The number of hydrogen-bond acceptors (Lipinski definition) is 4. The highest BCUT2D eigenvalue weighted by Crippen LogP contribution is 2.34.